The maximum atomic E-state index is 13.0. The Morgan fingerprint density at radius 1 is 1.04 bits per heavy atom. The van der Waals surface area contributed by atoms with E-state index < -0.39 is 11.7 Å². The van der Waals surface area contributed by atoms with Crippen LogP contribution in [0.3, 0.4) is 0 Å². The Hall–Kier alpha value is -3.09. The fraction of sp³-hybridized carbons (Fsp3) is 0.0588. The van der Waals surface area contributed by atoms with Crippen LogP contribution in [0.1, 0.15) is 11.1 Å². The van der Waals surface area contributed by atoms with Gasteiger partial charge >= 0.3 is 6.18 Å². The first-order chi connectivity index (χ1) is 11.5. The lowest BCUT2D eigenvalue weighted by molar-refractivity contribution is -0.136. The van der Waals surface area contributed by atoms with Gasteiger partial charge in [0.25, 0.3) is 0 Å². The van der Waals surface area contributed by atoms with Crippen molar-refractivity contribution in [3.05, 3.63) is 65.9 Å². The van der Waals surface area contributed by atoms with E-state index in [0.717, 1.165) is 6.07 Å². The van der Waals surface area contributed by atoms with Crippen molar-refractivity contribution in [2.75, 3.05) is 5.43 Å². The van der Waals surface area contributed by atoms with Crippen molar-refractivity contribution >= 4 is 22.8 Å². The fourth-order valence-electron chi connectivity index (χ4n) is 2.27. The molecule has 0 atom stereocenters. The number of nitrogens with one attached hydrogen (secondary N) is 1. The zero-order chi connectivity index (χ0) is 17.2. The number of fused-ring (bicyclic) bond motifs is 1. The lowest BCUT2D eigenvalue weighted by Crippen LogP contribution is -2.06. The monoisotopic (exact) mass is 331 g/mol. The second kappa shape index (κ2) is 6.19. The van der Waals surface area contributed by atoms with Gasteiger partial charge in [-0.25, -0.2) is 0 Å². The van der Waals surface area contributed by atoms with Crippen LogP contribution in [0.25, 0.3) is 10.9 Å². The number of hydrogen-bond donors (Lipinski definition) is 2. The van der Waals surface area contributed by atoms with Crippen LogP contribution in [0.2, 0.25) is 0 Å². The van der Waals surface area contributed by atoms with Gasteiger partial charge in [-0.1, -0.05) is 24.3 Å². The summed E-state index contributed by atoms with van der Waals surface area (Å²) < 4.78 is 39.1. The molecule has 1 aromatic heterocycles. The highest BCUT2D eigenvalue weighted by atomic mass is 19.4. The number of rotatable bonds is 3. The molecule has 7 heteroatoms. The number of hydrazone groups is 1. The standard InChI is InChI=1S/C17H12F3N3O/c18-17(19,20)13-6-3-5-12-14(8-9-21-16(12)13)23-22-10-11-4-1-2-7-15(11)24/h1-10,24H,(H,21,23)/b22-10+. The lowest BCUT2D eigenvalue weighted by Gasteiger charge is -2.11. The second-order valence-electron chi connectivity index (χ2n) is 4.99. The first-order valence-electron chi connectivity index (χ1n) is 6.99. The normalized spacial score (nSPS) is 12.0. The molecule has 0 fully saturated rings. The number of phenols is 1. The average Bonchev–Trinajstić information content (AvgIpc) is 2.55. The summed E-state index contributed by atoms with van der Waals surface area (Å²) >= 11 is 0. The summed E-state index contributed by atoms with van der Waals surface area (Å²) in [6.07, 6.45) is -1.81. The van der Waals surface area contributed by atoms with Crippen molar-refractivity contribution in [3.63, 3.8) is 0 Å². The van der Waals surface area contributed by atoms with Gasteiger partial charge < -0.3 is 5.11 Å². The van der Waals surface area contributed by atoms with Crippen LogP contribution in [-0.2, 0) is 6.18 Å². The number of anilines is 1. The summed E-state index contributed by atoms with van der Waals surface area (Å²) in [5.41, 5.74) is 2.62. The Labute approximate surface area is 135 Å². The molecule has 0 aliphatic carbocycles. The van der Waals surface area contributed by atoms with E-state index in [9.17, 15) is 18.3 Å². The molecule has 2 N–H and O–H groups in total. The van der Waals surface area contributed by atoms with Gasteiger partial charge in [0.15, 0.2) is 0 Å². The lowest BCUT2D eigenvalue weighted by atomic mass is 10.1. The molecule has 24 heavy (non-hydrogen) atoms. The SMILES string of the molecule is Oc1ccccc1/C=N/Nc1ccnc2c(C(F)(F)F)cccc12. The molecule has 0 unspecified atom stereocenters. The van der Waals surface area contributed by atoms with Crippen LogP contribution in [-0.4, -0.2) is 16.3 Å². The largest absolute Gasteiger partial charge is 0.507 e. The van der Waals surface area contributed by atoms with Crippen molar-refractivity contribution in [1.82, 2.24) is 4.98 Å². The van der Waals surface area contributed by atoms with Crippen LogP contribution < -0.4 is 5.43 Å². The third kappa shape index (κ3) is 3.15. The van der Waals surface area contributed by atoms with E-state index in [1.807, 2.05) is 0 Å². The quantitative estimate of drug-likeness (QED) is 0.552. The molecule has 0 radical (unpaired) electrons. The third-order valence-corrected chi connectivity index (χ3v) is 3.40. The van der Waals surface area contributed by atoms with Crippen molar-refractivity contribution in [2.45, 2.75) is 6.18 Å². The Morgan fingerprint density at radius 3 is 2.58 bits per heavy atom. The topological polar surface area (TPSA) is 57.5 Å². The van der Waals surface area contributed by atoms with Crippen LogP contribution >= 0.6 is 0 Å². The number of halogens is 3. The highest BCUT2D eigenvalue weighted by molar-refractivity contribution is 5.93. The molecule has 1 heterocycles. The summed E-state index contributed by atoms with van der Waals surface area (Å²) in [5, 5.41) is 13.9. The number of alkyl halides is 3. The average molecular weight is 331 g/mol. The van der Waals surface area contributed by atoms with Crippen molar-refractivity contribution in [2.24, 2.45) is 5.10 Å². The Kier molecular flexibility index (Phi) is 4.07. The van der Waals surface area contributed by atoms with Crippen molar-refractivity contribution < 1.29 is 18.3 Å². The van der Waals surface area contributed by atoms with Gasteiger partial charge in [-0.15, -0.1) is 0 Å². The van der Waals surface area contributed by atoms with Gasteiger partial charge in [-0.05, 0) is 24.3 Å². The summed E-state index contributed by atoms with van der Waals surface area (Å²) in [6.45, 7) is 0. The number of pyridine rings is 1. The molecule has 0 spiro atoms. The van der Waals surface area contributed by atoms with Crippen LogP contribution in [0.15, 0.2) is 59.8 Å². The summed E-state index contributed by atoms with van der Waals surface area (Å²) in [5.74, 6) is 0.0574. The molecule has 0 saturated heterocycles. The van der Waals surface area contributed by atoms with Gasteiger partial charge in [0, 0.05) is 17.1 Å². The fourth-order valence-corrected chi connectivity index (χ4v) is 2.27. The van der Waals surface area contributed by atoms with E-state index in [4.69, 9.17) is 0 Å². The number of para-hydroxylation sites is 2. The predicted octanol–water partition coefficient (Wildman–Crippen LogP) is 4.41. The first-order valence-corrected chi connectivity index (χ1v) is 6.99. The van der Waals surface area contributed by atoms with Gasteiger partial charge in [0.1, 0.15) is 5.75 Å². The van der Waals surface area contributed by atoms with E-state index in [-0.39, 0.29) is 11.3 Å². The minimum absolute atomic E-state index is 0.0574. The summed E-state index contributed by atoms with van der Waals surface area (Å²) in [7, 11) is 0. The molecule has 0 aliphatic heterocycles. The van der Waals surface area contributed by atoms with E-state index in [1.165, 1.54) is 36.7 Å². The number of benzene rings is 2. The molecule has 3 aromatic rings. The van der Waals surface area contributed by atoms with E-state index in [2.05, 4.69) is 15.5 Å². The third-order valence-electron chi connectivity index (χ3n) is 3.40. The molecule has 4 nitrogen and oxygen atoms in total. The molecule has 3 rings (SSSR count). The Morgan fingerprint density at radius 2 is 1.83 bits per heavy atom. The van der Waals surface area contributed by atoms with Gasteiger partial charge in [-0.3, -0.25) is 10.4 Å². The zero-order valence-corrected chi connectivity index (χ0v) is 12.2. The number of aromatic hydroxyl groups is 1. The van der Waals surface area contributed by atoms with E-state index in [0.29, 0.717) is 16.6 Å². The van der Waals surface area contributed by atoms with E-state index >= 15 is 0 Å². The van der Waals surface area contributed by atoms with Gasteiger partial charge in [0.2, 0.25) is 0 Å². The van der Waals surface area contributed by atoms with Crippen LogP contribution in [0.5, 0.6) is 5.75 Å². The highest BCUT2D eigenvalue weighted by Crippen LogP contribution is 2.35. The summed E-state index contributed by atoms with van der Waals surface area (Å²) in [4.78, 5) is 3.84. The maximum absolute atomic E-state index is 13.0. The van der Waals surface area contributed by atoms with Crippen molar-refractivity contribution in [1.29, 1.82) is 0 Å². The zero-order valence-electron chi connectivity index (χ0n) is 12.2. The molecule has 0 aliphatic rings. The number of nitrogens with zero attached hydrogens (tertiary/aromatic N) is 2. The number of phenolic OH excluding ortho intramolecular Hbond substituents is 1. The van der Waals surface area contributed by atoms with Gasteiger partial charge in [0.05, 0.1) is 23.0 Å². The predicted molar refractivity (Wildman–Crippen MR) is 86.1 cm³/mol. The molecule has 0 amide bonds. The summed E-state index contributed by atoms with van der Waals surface area (Å²) in [6, 6.07) is 12.0. The Bertz CT molecular complexity index is 907. The van der Waals surface area contributed by atoms with E-state index in [1.54, 1.807) is 18.2 Å². The highest BCUT2D eigenvalue weighted by Gasteiger charge is 2.33. The van der Waals surface area contributed by atoms with Crippen molar-refractivity contribution in [3.8, 4) is 5.75 Å². The molecular formula is C17H12F3N3O. The molecule has 0 bridgehead atoms. The Balaban J connectivity index is 1.95. The molecular weight excluding hydrogens is 319 g/mol. The van der Waals surface area contributed by atoms with Crippen LogP contribution in [0.4, 0.5) is 18.9 Å². The second-order valence-corrected chi connectivity index (χ2v) is 4.99. The van der Waals surface area contributed by atoms with Gasteiger partial charge in [-0.2, -0.15) is 18.3 Å². The molecule has 0 saturated carbocycles. The number of hydrogen-bond acceptors (Lipinski definition) is 4. The minimum Gasteiger partial charge on any atom is -0.507 e. The first kappa shape index (κ1) is 15.8. The molecule has 122 valence electrons. The molecule has 2 aromatic carbocycles. The maximum Gasteiger partial charge on any atom is 0.418 e. The van der Waals surface area contributed by atoms with Crippen LogP contribution in [0, 0.1) is 0 Å². The minimum atomic E-state index is -4.48. The number of aromatic nitrogens is 1. The smallest absolute Gasteiger partial charge is 0.418 e.